The van der Waals surface area contributed by atoms with E-state index in [9.17, 15) is 4.79 Å². The van der Waals surface area contributed by atoms with Crippen LogP contribution >= 0.6 is 0 Å². The first-order chi connectivity index (χ1) is 8.24. The summed E-state index contributed by atoms with van der Waals surface area (Å²) in [5.41, 5.74) is 2.38. The third-order valence-electron chi connectivity index (χ3n) is 4.15. The zero-order valence-electron chi connectivity index (χ0n) is 10.2. The number of hydrogen-bond acceptors (Lipinski definition) is 2. The van der Waals surface area contributed by atoms with Crippen LogP contribution in [-0.2, 0) is 16.0 Å². The lowest BCUT2D eigenvalue weighted by molar-refractivity contribution is -0.123. The molecule has 2 nitrogen and oxygen atoms in total. The zero-order chi connectivity index (χ0) is 11.8. The summed E-state index contributed by atoms with van der Waals surface area (Å²) in [6, 6.07) is 8.15. The Kier molecular flexibility index (Phi) is 2.75. The molecule has 3 atom stereocenters. The molecule has 0 saturated carbocycles. The molecule has 2 aliphatic heterocycles. The molecule has 2 saturated heterocycles. The van der Waals surface area contributed by atoms with Crippen LogP contribution in [0.15, 0.2) is 24.3 Å². The maximum absolute atomic E-state index is 12.3. The predicted octanol–water partition coefficient (Wildman–Crippen LogP) is 2.67. The molecule has 0 spiro atoms. The smallest absolute Gasteiger partial charge is 0.143 e. The van der Waals surface area contributed by atoms with Crippen molar-refractivity contribution in [1.29, 1.82) is 0 Å². The van der Waals surface area contributed by atoms with E-state index >= 15 is 0 Å². The highest BCUT2D eigenvalue weighted by molar-refractivity contribution is 5.84. The van der Waals surface area contributed by atoms with Crippen molar-refractivity contribution in [2.24, 2.45) is 5.92 Å². The van der Waals surface area contributed by atoms with Crippen LogP contribution in [0.3, 0.4) is 0 Å². The van der Waals surface area contributed by atoms with Crippen LogP contribution in [0.1, 0.15) is 30.4 Å². The minimum absolute atomic E-state index is 0.161. The summed E-state index contributed by atoms with van der Waals surface area (Å²) >= 11 is 0. The Morgan fingerprint density at radius 1 is 1.35 bits per heavy atom. The molecule has 2 heteroatoms. The van der Waals surface area contributed by atoms with Gasteiger partial charge in [0.25, 0.3) is 0 Å². The van der Waals surface area contributed by atoms with E-state index in [2.05, 4.69) is 19.1 Å². The van der Waals surface area contributed by atoms with Crippen molar-refractivity contribution in [2.75, 3.05) is 0 Å². The molecule has 0 amide bonds. The minimum Gasteiger partial charge on any atom is -0.374 e. The fraction of sp³-hybridized carbons (Fsp3) is 0.533. The molecule has 2 heterocycles. The van der Waals surface area contributed by atoms with E-state index in [0.29, 0.717) is 18.3 Å². The zero-order valence-corrected chi connectivity index (χ0v) is 10.2. The van der Waals surface area contributed by atoms with Crippen LogP contribution in [0.2, 0.25) is 0 Å². The number of ketones is 1. The average Bonchev–Trinajstić information content (AvgIpc) is 2.94. The lowest BCUT2D eigenvalue weighted by atomic mass is 9.84. The molecule has 2 bridgehead atoms. The van der Waals surface area contributed by atoms with Gasteiger partial charge in [-0.3, -0.25) is 4.79 Å². The van der Waals surface area contributed by atoms with E-state index in [4.69, 9.17) is 4.74 Å². The number of hydrogen-bond donors (Lipinski definition) is 0. The summed E-state index contributed by atoms with van der Waals surface area (Å²) in [6.07, 6.45) is 4.34. The van der Waals surface area contributed by atoms with Crippen LogP contribution in [0.5, 0.6) is 0 Å². The monoisotopic (exact) mass is 230 g/mol. The van der Waals surface area contributed by atoms with Crippen molar-refractivity contribution in [3.63, 3.8) is 0 Å². The van der Waals surface area contributed by atoms with E-state index in [0.717, 1.165) is 19.3 Å². The molecule has 2 fully saturated rings. The number of rotatable bonds is 3. The summed E-state index contributed by atoms with van der Waals surface area (Å²) in [5, 5.41) is 0. The fourth-order valence-corrected chi connectivity index (χ4v) is 3.10. The molecule has 0 aromatic heterocycles. The lowest BCUT2D eigenvalue weighted by Crippen LogP contribution is -2.26. The maximum atomic E-state index is 12.3. The Labute approximate surface area is 102 Å². The minimum atomic E-state index is 0.161. The third kappa shape index (κ3) is 2.02. The largest absolute Gasteiger partial charge is 0.374 e. The van der Waals surface area contributed by atoms with E-state index in [1.54, 1.807) is 0 Å². The summed E-state index contributed by atoms with van der Waals surface area (Å²) in [7, 11) is 0. The topological polar surface area (TPSA) is 26.3 Å². The molecular formula is C15H18O2. The van der Waals surface area contributed by atoms with Crippen molar-refractivity contribution in [2.45, 2.75) is 44.8 Å². The summed E-state index contributed by atoms with van der Waals surface area (Å²) in [6.45, 7) is 2.07. The van der Waals surface area contributed by atoms with E-state index in [1.165, 1.54) is 11.1 Å². The molecule has 1 aromatic carbocycles. The highest BCUT2D eigenvalue weighted by Crippen LogP contribution is 2.39. The molecule has 17 heavy (non-hydrogen) atoms. The number of carbonyl (C=O) groups excluding carboxylic acids is 1. The Balaban J connectivity index is 1.70. The van der Waals surface area contributed by atoms with E-state index in [-0.39, 0.29) is 12.0 Å². The molecule has 3 rings (SSSR count). The first-order valence-electron chi connectivity index (χ1n) is 6.46. The third-order valence-corrected chi connectivity index (χ3v) is 4.15. The second-order valence-corrected chi connectivity index (χ2v) is 5.29. The van der Waals surface area contributed by atoms with Gasteiger partial charge < -0.3 is 4.74 Å². The first-order valence-corrected chi connectivity index (χ1v) is 6.46. The summed E-state index contributed by atoms with van der Waals surface area (Å²) in [5.74, 6) is 0.528. The highest BCUT2D eigenvalue weighted by atomic mass is 16.5. The molecule has 1 aromatic rings. The second-order valence-electron chi connectivity index (χ2n) is 5.29. The van der Waals surface area contributed by atoms with Crippen LogP contribution in [-0.4, -0.2) is 18.0 Å². The standard InChI is InChI=1S/C15H18O2/c1-10-4-2-3-5-11(10)8-14(16)13-9-12-6-7-15(13)17-12/h2-5,12-13,15H,6-9H2,1H3. The van der Waals surface area contributed by atoms with Gasteiger partial charge in [0.1, 0.15) is 5.78 Å². The molecular weight excluding hydrogens is 212 g/mol. The first kappa shape index (κ1) is 11.0. The Morgan fingerprint density at radius 2 is 2.18 bits per heavy atom. The van der Waals surface area contributed by atoms with Gasteiger partial charge in [0.15, 0.2) is 0 Å². The molecule has 0 aliphatic carbocycles. The number of benzene rings is 1. The molecule has 0 N–H and O–H groups in total. The molecule has 0 radical (unpaired) electrons. The van der Waals surface area contributed by atoms with Gasteiger partial charge >= 0.3 is 0 Å². The van der Waals surface area contributed by atoms with Crippen LogP contribution in [0.4, 0.5) is 0 Å². The normalized spacial score (nSPS) is 30.8. The Bertz CT molecular complexity index is 438. The fourth-order valence-electron chi connectivity index (χ4n) is 3.10. The van der Waals surface area contributed by atoms with Gasteiger partial charge in [-0.05, 0) is 37.3 Å². The van der Waals surface area contributed by atoms with Crippen molar-refractivity contribution in [3.8, 4) is 0 Å². The van der Waals surface area contributed by atoms with Gasteiger partial charge in [0.2, 0.25) is 0 Å². The van der Waals surface area contributed by atoms with Crippen LogP contribution < -0.4 is 0 Å². The average molecular weight is 230 g/mol. The number of fused-ring (bicyclic) bond motifs is 2. The Hall–Kier alpha value is -1.15. The van der Waals surface area contributed by atoms with Crippen molar-refractivity contribution in [1.82, 2.24) is 0 Å². The van der Waals surface area contributed by atoms with Gasteiger partial charge in [0.05, 0.1) is 12.2 Å². The highest BCUT2D eigenvalue weighted by Gasteiger charge is 2.43. The summed E-state index contributed by atoms with van der Waals surface area (Å²) in [4.78, 5) is 12.3. The quantitative estimate of drug-likeness (QED) is 0.798. The van der Waals surface area contributed by atoms with Gasteiger partial charge in [0, 0.05) is 12.3 Å². The molecule has 90 valence electrons. The van der Waals surface area contributed by atoms with E-state index in [1.807, 2.05) is 12.1 Å². The number of Topliss-reactive ketones (excluding diaryl/α,β-unsaturated/α-hetero) is 1. The SMILES string of the molecule is Cc1ccccc1CC(=O)C1CC2CCC1O2. The number of carbonyl (C=O) groups is 1. The van der Waals surface area contributed by atoms with E-state index < -0.39 is 0 Å². The molecule has 3 unspecified atom stereocenters. The van der Waals surface area contributed by atoms with Crippen molar-refractivity contribution in [3.05, 3.63) is 35.4 Å². The lowest BCUT2D eigenvalue weighted by Gasteiger charge is -2.17. The van der Waals surface area contributed by atoms with Crippen LogP contribution in [0, 0.1) is 12.8 Å². The van der Waals surface area contributed by atoms with Crippen molar-refractivity contribution < 1.29 is 9.53 Å². The van der Waals surface area contributed by atoms with Gasteiger partial charge in [-0.15, -0.1) is 0 Å². The van der Waals surface area contributed by atoms with Crippen molar-refractivity contribution >= 4 is 5.78 Å². The van der Waals surface area contributed by atoms with Gasteiger partial charge in [-0.1, -0.05) is 24.3 Å². The van der Waals surface area contributed by atoms with Gasteiger partial charge in [-0.25, -0.2) is 0 Å². The number of aryl methyl sites for hydroxylation is 1. The predicted molar refractivity (Wildman–Crippen MR) is 65.9 cm³/mol. The molecule has 2 aliphatic rings. The summed E-state index contributed by atoms with van der Waals surface area (Å²) < 4.78 is 5.75. The number of ether oxygens (including phenoxy) is 1. The maximum Gasteiger partial charge on any atom is 0.143 e. The van der Waals surface area contributed by atoms with Gasteiger partial charge in [-0.2, -0.15) is 0 Å². The second kappa shape index (κ2) is 4.26. The van der Waals surface area contributed by atoms with Crippen LogP contribution in [0.25, 0.3) is 0 Å². The Morgan fingerprint density at radius 3 is 2.82 bits per heavy atom.